The van der Waals surface area contributed by atoms with Crippen molar-refractivity contribution in [2.45, 2.75) is 44.8 Å². The number of aromatic hydroxyl groups is 2. The summed E-state index contributed by atoms with van der Waals surface area (Å²) in [5.41, 5.74) is -0.830. The Morgan fingerprint density at radius 2 is 1.87 bits per heavy atom. The van der Waals surface area contributed by atoms with Crippen LogP contribution in [0, 0.1) is 13.8 Å². The van der Waals surface area contributed by atoms with Crippen molar-refractivity contribution in [2.24, 2.45) is 0 Å². The normalized spacial score (nSPS) is 26.8. The minimum absolute atomic E-state index is 0.0357. The van der Waals surface area contributed by atoms with Gasteiger partial charge in [0.15, 0.2) is 11.6 Å². The highest BCUT2D eigenvalue weighted by Crippen LogP contribution is 2.46. The molecule has 0 unspecified atom stereocenters. The summed E-state index contributed by atoms with van der Waals surface area (Å²) in [7, 11) is 0. The lowest BCUT2D eigenvalue weighted by Crippen LogP contribution is -2.49. The lowest BCUT2D eigenvalue weighted by molar-refractivity contribution is -0.118. The van der Waals surface area contributed by atoms with E-state index < -0.39 is 11.7 Å². The van der Waals surface area contributed by atoms with Crippen molar-refractivity contribution in [3.8, 4) is 17.2 Å². The average Bonchev–Trinajstić information content (AvgIpc) is 2.53. The zero-order chi connectivity index (χ0) is 16.9. The Morgan fingerprint density at radius 3 is 2.48 bits per heavy atom. The largest absolute Gasteiger partial charge is 0.507 e. The molecule has 0 amide bonds. The summed E-state index contributed by atoms with van der Waals surface area (Å²) in [5, 5.41) is 30.9. The van der Waals surface area contributed by atoms with Crippen LogP contribution in [0.15, 0.2) is 12.2 Å². The van der Waals surface area contributed by atoms with Crippen LogP contribution in [0.3, 0.4) is 0 Å². The Kier molecular flexibility index (Phi) is 3.44. The Labute approximate surface area is 133 Å². The van der Waals surface area contributed by atoms with Crippen LogP contribution in [0.2, 0.25) is 0 Å². The summed E-state index contributed by atoms with van der Waals surface area (Å²) in [6, 6.07) is 0. The molecule has 0 spiro atoms. The number of carbonyl (C=O) groups is 2. The third kappa shape index (κ3) is 2.30. The molecule has 1 aliphatic carbocycles. The molecule has 3 rings (SSSR count). The molecule has 1 aliphatic heterocycles. The van der Waals surface area contributed by atoms with Gasteiger partial charge in [-0.2, -0.15) is 0 Å². The van der Waals surface area contributed by atoms with Gasteiger partial charge < -0.3 is 20.1 Å². The summed E-state index contributed by atoms with van der Waals surface area (Å²) < 4.78 is 5.77. The van der Waals surface area contributed by atoms with Gasteiger partial charge in [0.1, 0.15) is 34.5 Å². The van der Waals surface area contributed by atoms with Gasteiger partial charge in [0.05, 0.1) is 6.42 Å². The quantitative estimate of drug-likeness (QED) is 0.728. The van der Waals surface area contributed by atoms with E-state index in [2.05, 4.69) is 0 Å². The van der Waals surface area contributed by atoms with Crippen LogP contribution < -0.4 is 4.74 Å². The van der Waals surface area contributed by atoms with Gasteiger partial charge in [-0.1, -0.05) is 0 Å². The zero-order valence-electron chi connectivity index (χ0n) is 12.9. The molecule has 122 valence electrons. The lowest BCUT2D eigenvalue weighted by Gasteiger charge is -2.38. The van der Waals surface area contributed by atoms with Crippen LogP contribution in [0.25, 0.3) is 0 Å². The average molecular weight is 318 g/mol. The Morgan fingerprint density at radius 1 is 1.17 bits per heavy atom. The van der Waals surface area contributed by atoms with Crippen molar-refractivity contribution in [3.63, 3.8) is 0 Å². The topological polar surface area (TPSA) is 104 Å². The van der Waals surface area contributed by atoms with Gasteiger partial charge in [-0.3, -0.25) is 9.59 Å². The molecular formula is C17H18O6. The Balaban J connectivity index is 2.06. The van der Waals surface area contributed by atoms with Crippen LogP contribution >= 0.6 is 0 Å². The number of Topliss-reactive ketones (excluding diaryl/α,β-unsaturated/α-hetero) is 1. The molecule has 3 N–H and O–H groups in total. The van der Waals surface area contributed by atoms with Crippen molar-refractivity contribution in [2.75, 3.05) is 0 Å². The predicted molar refractivity (Wildman–Crippen MR) is 80.9 cm³/mol. The highest BCUT2D eigenvalue weighted by Gasteiger charge is 2.44. The maximum atomic E-state index is 12.5. The second kappa shape index (κ2) is 5.09. The fourth-order valence-electron chi connectivity index (χ4n) is 3.12. The number of ether oxygens (including phenoxy) is 1. The first-order valence-corrected chi connectivity index (χ1v) is 7.44. The first-order valence-electron chi connectivity index (χ1n) is 7.44. The number of hydrogen-bond acceptors (Lipinski definition) is 6. The molecule has 0 saturated carbocycles. The van der Waals surface area contributed by atoms with Gasteiger partial charge in [-0.25, -0.2) is 0 Å². The number of phenolic OH excluding ortho intramolecular Hbond substituents is 2. The molecular weight excluding hydrogens is 300 g/mol. The fourth-order valence-corrected chi connectivity index (χ4v) is 3.12. The van der Waals surface area contributed by atoms with E-state index in [0.717, 1.165) is 0 Å². The van der Waals surface area contributed by atoms with E-state index in [-0.39, 0.29) is 59.2 Å². The van der Waals surface area contributed by atoms with Crippen molar-refractivity contribution in [1.29, 1.82) is 0 Å². The van der Waals surface area contributed by atoms with E-state index >= 15 is 0 Å². The van der Waals surface area contributed by atoms with E-state index in [0.29, 0.717) is 5.56 Å². The molecule has 1 aromatic carbocycles. The minimum Gasteiger partial charge on any atom is -0.507 e. The van der Waals surface area contributed by atoms with E-state index in [1.807, 2.05) is 0 Å². The molecule has 0 radical (unpaired) electrons. The Hall–Kier alpha value is -2.34. The summed E-state index contributed by atoms with van der Waals surface area (Å²) in [5.74, 6) is -0.799. The van der Waals surface area contributed by atoms with Crippen LogP contribution in [0.1, 0.15) is 40.7 Å². The Bertz CT molecular complexity index is 748. The molecule has 2 atom stereocenters. The standard InChI is InChI=1S/C17H18O6/c1-8-14(20)9(2)16-13(15(8)21)11(19)7-12(23-16)17(22)5-3-10(18)4-6-17/h3,5,12,20-22H,4,6-7H2,1-2H3/t12-,17-/m0/s1. The number of ketones is 2. The number of benzene rings is 1. The summed E-state index contributed by atoms with van der Waals surface area (Å²) in [4.78, 5) is 23.8. The molecule has 0 bridgehead atoms. The molecule has 2 aliphatic rings. The zero-order valence-corrected chi connectivity index (χ0v) is 12.9. The van der Waals surface area contributed by atoms with Crippen LogP contribution in [0.4, 0.5) is 0 Å². The summed E-state index contributed by atoms with van der Waals surface area (Å²) >= 11 is 0. The molecule has 6 heteroatoms. The maximum absolute atomic E-state index is 12.5. The van der Waals surface area contributed by atoms with Crippen LogP contribution in [-0.4, -0.2) is 38.6 Å². The van der Waals surface area contributed by atoms with Crippen LogP contribution in [0.5, 0.6) is 17.2 Å². The highest BCUT2D eigenvalue weighted by molar-refractivity contribution is 6.04. The van der Waals surface area contributed by atoms with Gasteiger partial charge in [0.25, 0.3) is 0 Å². The van der Waals surface area contributed by atoms with Gasteiger partial charge in [0.2, 0.25) is 0 Å². The van der Waals surface area contributed by atoms with Crippen molar-refractivity contribution < 1.29 is 29.6 Å². The number of fused-ring (bicyclic) bond motifs is 1. The number of carbonyl (C=O) groups excluding carboxylic acids is 2. The predicted octanol–water partition coefficient (Wildman–Crippen LogP) is 1.70. The van der Waals surface area contributed by atoms with Crippen LogP contribution in [-0.2, 0) is 4.79 Å². The monoisotopic (exact) mass is 318 g/mol. The smallest absolute Gasteiger partial charge is 0.174 e. The SMILES string of the molecule is Cc1c(O)c(C)c2c(c1O)C(=O)C[C@@H]([C@]1(O)C=CC(=O)CC1)O2. The molecule has 0 saturated heterocycles. The minimum atomic E-state index is -1.43. The van der Waals surface area contributed by atoms with Crippen molar-refractivity contribution >= 4 is 11.6 Å². The summed E-state index contributed by atoms with van der Waals surface area (Å²) in [6.45, 7) is 3.10. The molecule has 1 aromatic rings. The number of allylic oxidation sites excluding steroid dienone is 1. The lowest BCUT2D eigenvalue weighted by atomic mass is 9.81. The van der Waals surface area contributed by atoms with Crippen molar-refractivity contribution in [1.82, 2.24) is 0 Å². The summed E-state index contributed by atoms with van der Waals surface area (Å²) in [6.07, 6.45) is 2.02. The number of aliphatic hydroxyl groups is 1. The van der Waals surface area contributed by atoms with Gasteiger partial charge in [-0.15, -0.1) is 0 Å². The fraction of sp³-hybridized carbons (Fsp3) is 0.412. The molecule has 23 heavy (non-hydrogen) atoms. The van der Waals surface area contributed by atoms with Gasteiger partial charge >= 0.3 is 0 Å². The van der Waals surface area contributed by atoms with E-state index in [1.165, 1.54) is 19.1 Å². The second-order valence-electron chi connectivity index (χ2n) is 6.18. The van der Waals surface area contributed by atoms with E-state index in [4.69, 9.17) is 4.74 Å². The van der Waals surface area contributed by atoms with Gasteiger partial charge in [0, 0.05) is 17.5 Å². The molecule has 1 heterocycles. The number of hydrogen-bond donors (Lipinski definition) is 3. The molecule has 0 fully saturated rings. The highest BCUT2D eigenvalue weighted by atomic mass is 16.5. The number of rotatable bonds is 1. The third-order valence-electron chi connectivity index (χ3n) is 4.67. The third-order valence-corrected chi connectivity index (χ3v) is 4.67. The molecule has 6 nitrogen and oxygen atoms in total. The van der Waals surface area contributed by atoms with E-state index in [1.54, 1.807) is 6.92 Å². The first-order chi connectivity index (χ1) is 10.7. The number of phenols is 2. The second-order valence-corrected chi connectivity index (χ2v) is 6.18. The maximum Gasteiger partial charge on any atom is 0.174 e. The van der Waals surface area contributed by atoms with Crippen molar-refractivity contribution in [3.05, 3.63) is 28.8 Å². The molecule has 0 aromatic heterocycles. The first kappa shape index (κ1) is 15.6. The van der Waals surface area contributed by atoms with E-state index in [9.17, 15) is 24.9 Å². The van der Waals surface area contributed by atoms with Gasteiger partial charge in [-0.05, 0) is 32.4 Å².